The van der Waals surface area contributed by atoms with Crippen molar-refractivity contribution >= 4 is 0 Å². The molecule has 0 aliphatic carbocycles. The second-order valence-corrected chi connectivity index (χ2v) is 3.26. The first kappa shape index (κ1) is 10.8. The summed E-state index contributed by atoms with van der Waals surface area (Å²) in [5.74, 6) is -3.78. The van der Waals surface area contributed by atoms with Gasteiger partial charge in [-0.2, -0.15) is 0 Å². The smallest absolute Gasteiger partial charge is 0.194 e. The van der Waals surface area contributed by atoms with Crippen LogP contribution in [-0.4, -0.2) is 0 Å². The summed E-state index contributed by atoms with van der Waals surface area (Å²) >= 11 is 0. The van der Waals surface area contributed by atoms with Crippen LogP contribution in [-0.2, 0) is 0 Å². The van der Waals surface area contributed by atoms with Crippen molar-refractivity contribution in [3.05, 3.63) is 59.3 Å². The molecular formula is C11H8F3NO. The predicted octanol–water partition coefficient (Wildman–Crippen LogP) is 2.75. The minimum Gasteiger partial charge on any atom is -0.467 e. The zero-order valence-electron chi connectivity index (χ0n) is 8.08. The van der Waals surface area contributed by atoms with Crippen molar-refractivity contribution in [2.24, 2.45) is 5.73 Å². The van der Waals surface area contributed by atoms with Gasteiger partial charge in [0.1, 0.15) is 5.76 Å². The summed E-state index contributed by atoms with van der Waals surface area (Å²) in [6.07, 6.45) is 1.37. The number of rotatable bonds is 2. The highest BCUT2D eigenvalue weighted by Gasteiger charge is 2.20. The Bertz CT molecular complexity index is 496. The van der Waals surface area contributed by atoms with E-state index in [1.54, 1.807) is 6.07 Å². The van der Waals surface area contributed by atoms with Gasteiger partial charge in [0.25, 0.3) is 0 Å². The van der Waals surface area contributed by atoms with Crippen LogP contribution in [0, 0.1) is 17.5 Å². The fourth-order valence-electron chi connectivity index (χ4n) is 1.40. The van der Waals surface area contributed by atoms with Gasteiger partial charge in [0.05, 0.1) is 12.3 Å². The van der Waals surface area contributed by atoms with Crippen LogP contribution in [0.25, 0.3) is 0 Å². The standard InChI is InChI=1S/C11H8F3NO/c12-7-4-3-6(9(13)10(7)14)11(15)8-2-1-5-16-8/h1-5,11H,15H2. The molecule has 2 rings (SSSR count). The van der Waals surface area contributed by atoms with E-state index >= 15 is 0 Å². The van der Waals surface area contributed by atoms with E-state index in [4.69, 9.17) is 10.2 Å². The highest BCUT2D eigenvalue weighted by Crippen LogP contribution is 2.25. The van der Waals surface area contributed by atoms with E-state index in [0.29, 0.717) is 0 Å². The first-order chi connectivity index (χ1) is 7.61. The number of hydrogen-bond donors (Lipinski definition) is 1. The predicted molar refractivity (Wildman–Crippen MR) is 51.1 cm³/mol. The van der Waals surface area contributed by atoms with Gasteiger partial charge in [0, 0.05) is 5.56 Å². The Morgan fingerprint density at radius 3 is 2.44 bits per heavy atom. The third-order valence-corrected chi connectivity index (χ3v) is 2.25. The maximum atomic E-state index is 13.4. The Hall–Kier alpha value is -1.75. The molecule has 1 unspecified atom stereocenters. The van der Waals surface area contributed by atoms with Crippen LogP contribution in [0.2, 0.25) is 0 Å². The molecule has 0 saturated carbocycles. The van der Waals surface area contributed by atoms with Crippen molar-refractivity contribution < 1.29 is 17.6 Å². The summed E-state index contributed by atoms with van der Waals surface area (Å²) in [7, 11) is 0. The van der Waals surface area contributed by atoms with Crippen LogP contribution < -0.4 is 5.73 Å². The molecule has 2 N–H and O–H groups in total. The molecule has 0 saturated heterocycles. The molecule has 0 aliphatic rings. The molecule has 0 spiro atoms. The maximum absolute atomic E-state index is 13.4. The van der Waals surface area contributed by atoms with Crippen molar-refractivity contribution in [3.63, 3.8) is 0 Å². The van der Waals surface area contributed by atoms with E-state index in [1.807, 2.05) is 0 Å². The van der Waals surface area contributed by atoms with E-state index in [1.165, 1.54) is 12.3 Å². The fourth-order valence-corrected chi connectivity index (χ4v) is 1.40. The number of furan rings is 1. The Morgan fingerprint density at radius 1 is 1.06 bits per heavy atom. The van der Waals surface area contributed by atoms with E-state index in [0.717, 1.165) is 12.1 Å². The molecule has 0 radical (unpaired) electrons. The number of halogens is 3. The number of hydrogen-bond acceptors (Lipinski definition) is 2. The van der Waals surface area contributed by atoms with Gasteiger partial charge >= 0.3 is 0 Å². The molecule has 0 amide bonds. The largest absolute Gasteiger partial charge is 0.467 e. The van der Waals surface area contributed by atoms with Crippen molar-refractivity contribution in [1.29, 1.82) is 0 Å². The summed E-state index contributed by atoms with van der Waals surface area (Å²) in [6.45, 7) is 0. The van der Waals surface area contributed by atoms with Crippen molar-refractivity contribution in [2.45, 2.75) is 6.04 Å². The Morgan fingerprint density at radius 2 is 1.81 bits per heavy atom. The van der Waals surface area contributed by atoms with Crippen LogP contribution in [0.4, 0.5) is 13.2 Å². The van der Waals surface area contributed by atoms with Crippen LogP contribution in [0.15, 0.2) is 34.9 Å². The molecule has 0 fully saturated rings. The highest BCUT2D eigenvalue weighted by molar-refractivity contribution is 5.28. The zero-order chi connectivity index (χ0) is 11.7. The van der Waals surface area contributed by atoms with Gasteiger partial charge in [-0.15, -0.1) is 0 Å². The van der Waals surface area contributed by atoms with Gasteiger partial charge in [-0.05, 0) is 18.2 Å². The molecule has 0 bridgehead atoms. The minimum atomic E-state index is -1.53. The summed E-state index contributed by atoms with van der Waals surface area (Å²) in [4.78, 5) is 0. The van der Waals surface area contributed by atoms with Gasteiger partial charge in [-0.1, -0.05) is 6.07 Å². The molecule has 2 aromatic rings. The summed E-state index contributed by atoms with van der Waals surface area (Å²) in [6, 6.07) is 4.08. The minimum absolute atomic E-state index is 0.145. The molecule has 84 valence electrons. The monoisotopic (exact) mass is 227 g/mol. The lowest BCUT2D eigenvalue weighted by atomic mass is 10.0. The lowest BCUT2D eigenvalue weighted by molar-refractivity contribution is 0.429. The normalized spacial score (nSPS) is 12.8. The number of benzene rings is 1. The van der Waals surface area contributed by atoms with Gasteiger partial charge in [-0.25, -0.2) is 13.2 Å². The van der Waals surface area contributed by atoms with E-state index < -0.39 is 23.5 Å². The van der Waals surface area contributed by atoms with Crippen LogP contribution in [0.1, 0.15) is 17.4 Å². The number of nitrogens with two attached hydrogens (primary N) is 1. The van der Waals surface area contributed by atoms with E-state index in [-0.39, 0.29) is 11.3 Å². The van der Waals surface area contributed by atoms with Crippen LogP contribution >= 0.6 is 0 Å². The summed E-state index contributed by atoms with van der Waals surface area (Å²) in [5.41, 5.74) is 5.51. The lowest BCUT2D eigenvalue weighted by Crippen LogP contribution is -2.14. The molecule has 1 atom stereocenters. The molecule has 5 heteroatoms. The fraction of sp³-hybridized carbons (Fsp3) is 0.0909. The van der Waals surface area contributed by atoms with E-state index in [2.05, 4.69) is 0 Å². The molecule has 1 heterocycles. The quantitative estimate of drug-likeness (QED) is 0.801. The molecular weight excluding hydrogens is 219 g/mol. The van der Waals surface area contributed by atoms with Crippen LogP contribution in [0.3, 0.4) is 0 Å². The third-order valence-electron chi connectivity index (χ3n) is 2.25. The first-order valence-corrected chi connectivity index (χ1v) is 4.53. The second-order valence-electron chi connectivity index (χ2n) is 3.26. The Balaban J connectivity index is 2.45. The maximum Gasteiger partial charge on any atom is 0.194 e. The average Bonchev–Trinajstić information content (AvgIpc) is 2.79. The summed E-state index contributed by atoms with van der Waals surface area (Å²) < 4.78 is 44.0. The van der Waals surface area contributed by atoms with E-state index in [9.17, 15) is 13.2 Å². The Kier molecular flexibility index (Phi) is 2.70. The topological polar surface area (TPSA) is 39.2 Å². The summed E-state index contributed by atoms with van der Waals surface area (Å²) in [5, 5.41) is 0. The van der Waals surface area contributed by atoms with Crippen molar-refractivity contribution in [2.75, 3.05) is 0 Å². The first-order valence-electron chi connectivity index (χ1n) is 4.53. The molecule has 1 aromatic carbocycles. The zero-order valence-corrected chi connectivity index (χ0v) is 8.08. The highest BCUT2D eigenvalue weighted by atomic mass is 19.2. The Labute approximate surface area is 89.5 Å². The van der Waals surface area contributed by atoms with Gasteiger partial charge < -0.3 is 10.2 Å². The molecule has 2 nitrogen and oxygen atoms in total. The molecule has 1 aromatic heterocycles. The lowest BCUT2D eigenvalue weighted by Gasteiger charge is -2.10. The molecule has 16 heavy (non-hydrogen) atoms. The van der Waals surface area contributed by atoms with Crippen molar-refractivity contribution in [1.82, 2.24) is 0 Å². The van der Waals surface area contributed by atoms with Gasteiger partial charge in [-0.3, -0.25) is 0 Å². The van der Waals surface area contributed by atoms with Crippen LogP contribution in [0.5, 0.6) is 0 Å². The van der Waals surface area contributed by atoms with Gasteiger partial charge in [0.2, 0.25) is 0 Å². The van der Waals surface area contributed by atoms with Crippen molar-refractivity contribution in [3.8, 4) is 0 Å². The molecule has 0 aliphatic heterocycles. The SMILES string of the molecule is NC(c1ccco1)c1ccc(F)c(F)c1F. The average molecular weight is 227 g/mol. The second kappa shape index (κ2) is 4.02. The van der Waals surface area contributed by atoms with Gasteiger partial charge in [0.15, 0.2) is 17.5 Å². The third kappa shape index (κ3) is 1.69.